The Hall–Kier alpha value is -1.42. The molecule has 19 heavy (non-hydrogen) atoms. The van der Waals surface area contributed by atoms with Gasteiger partial charge in [0.1, 0.15) is 11.7 Å². The van der Waals surface area contributed by atoms with Crippen LogP contribution in [0.1, 0.15) is 24.2 Å². The lowest BCUT2D eigenvalue weighted by Crippen LogP contribution is -2.25. The highest BCUT2D eigenvalue weighted by molar-refractivity contribution is 9.10. The summed E-state index contributed by atoms with van der Waals surface area (Å²) in [5, 5.41) is 0. The Bertz CT molecular complexity index is 503. The molecule has 1 rings (SSSR count). The number of hydrogen-bond donors (Lipinski definition) is 0. The molecule has 1 aromatic carbocycles. The highest BCUT2D eigenvalue weighted by Crippen LogP contribution is 2.21. The Morgan fingerprint density at radius 2 is 1.95 bits per heavy atom. The summed E-state index contributed by atoms with van der Waals surface area (Å²) in [5.41, 5.74) is 1.38. The van der Waals surface area contributed by atoms with E-state index in [-0.39, 0.29) is 5.78 Å². The maximum atomic E-state index is 12.6. The second-order valence-electron chi connectivity index (χ2n) is 4.06. The lowest BCUT2D eigenvalue weighted by molar-refractivity contribution is 0.0938. The number of nitrogens with zero attached hydrogens (tertiary/aromatic N) is 1. The van der Waals surface area contributed by atoms with Crippen LogP contribution in [0.5, 0.6) is 0 Å². The third-order valence-corrected chi connectivity index (χ3v) is 3.49. The Kier molecular flexibility index (Phi) is 5.96. The second-order valence-corrected chi connectivity index (χ2v) is 4.98. The number of Topliss-reactive ketones (excluding diaryl/α,β-unsaturated/α-hetero) is 1. The van der Waals surface area contributed by atoms with E-state index in [0.29, 0.717) is 11.3 Å². The summed E-state index contributed by atoms with van der Waals surface area (Å²) >= 11 is 3.36. The number of methoxy groups -OCH3 is 1. The van der Waals surface area contributed by atoms with E-state index in [1.165, 1.54) is 0 Å². The molecule has 0 aliphatic rings. The van der Waals surface area contributed by atoms with Crippen LogP contribution >= 0.6 is 15.9 Å². The van der Waals surface area contributed by atoms with Gasteiger partial charge in [0.15, 0.2) is 5.78 Å². The number of benzene rings is 1. The fraction of sp³-hybridized carbons (Fsp3) is 0.333. The van der Waals surface area contributed by atoms with Crippen LogP contribution in [0.25, 0.3) is 0 Å². The number of rotatable bonds is 5. The predicted octanol–water partition coefficient (Wildman–Crippen LogP) is 3.89. The zero-order valence-corrected chi connectivity index (χ0v) is 13.2. The van der Waals surface area contributed by atoms with Gasteiger partial charge in [0, 0.05) is 22.8 Å². The standard InChI is InChI=1S/C15H18BrNO2/c1-5-13(19-4)14(10(2)17-3)15(18)11-6-8-12(16)9-7-11/h5-9,14H,1-4H3/b13-5-,17-10?. The zero-order chi connectivity index (χ0) is 14.4. The number of carbonyl (C=O) groups excluding carboxylic acids is 1. The van der Waals surface area contributed by atoms with E-state index in [0.717, 1.165) is 10.2 Å². The lowest BCUT2D eigenvalue weighted by Gasteiger charge is -2.18. The largest absolute Gasteiger partial charge is 0.500 e. The lowest BCUT2D eigenvalue weighted by atomic mass is 9.91. The van der Waals surface area contributed by atoms with E-state index >= 15 is 0 Å². The Balaban J connectivity index is 3.18. The van der Waals surface area contributed by atoms with Crippen LogP contribution in [0.4, 0.5) is 0 Å². The molecular weight excluding hydrogens is 306 g/mol. The van der Waals surface area contributed by atoms with E-state index in [2.05, 4.69) is 20.9 Å². The molecule has 0 radical (unpaired) electrons. The maximum Gasteiger partial charge on any atom is 0.179 e. The predicted molar refractivity (Wildman–Crippen MR) is 81.8 cm³/mol. The number of allylic oxidation sites excluding steroid dienone is 2. The molecule has 0 aliphatic carbocycles. The molecule has 0 aliphatic heterocycles. The van der Waals surface area contributed by atoms with Crippen LogP contribution in [0.3, 0.4) is 0 Å². The van der Waals surface area contributed by atoms with Crippen molar-refractivity contribution in [1.82, 2.24) is 0 Å². The fourth-order valence-electron chi connectivity index (χ4n) is 1.84. The van der Waals surface area contributed by atoms with E-state index in [1.807, 2.05) is 26.0 Å². The summed E-state index contributed by atoms with van der Waals surface area (Å²) in [6.45, 7) is 3.69. The molecule has 0 amide bonds. The second kappa shape index (κ2) is 7.24. The third kappa shape index (κ3) is 3.77. The monoisotopic (exact) mass is 323 g/mol. The van der Waals surface area contributed by atoms with Crippen molar-refractivity contribution in [2.24, 2.45) is 10.9 Å². The molecule has 1 aromatic rings. The molecule has 0 fully saturated rings. The minimum absolute atomic E-state index is 0.00875. The maximum absolute atomic E-state index is 12.6. The van der Waals surface area contributed by atoms with Crippen molar-refractivity contribution < 1.29 is 9.53 Å². The van der Waals surface area contributed by atoms with Crippen molar-refractivity contribution in [3.05, 3.63) is 46.1 Å². The van der Waals surface area contributed by atoms with Crippen LogP contribution in [0, 0.1) is 5.92 Å². The van der Waals surface area contributed by atoms with Crippen LogP contribution in [0.15, 0.2) is 45.6 Å². The molecular formula is C15H18BrNO2. The fourth-order valence-corrected chi connectivity index (χ4v) is 2.10. The molecule has 0 N–H and O–H groups in total. The Labute approximate surface area is 122 Å². The normalized spacial score (nSPS) is 14.2. The Morgan fingerprint density at radius 3 is 2.37 bits per heavy atom. The van der Waals surface area contributed by atoms with Gasteiger partial charge in [-0.15, -0.1) is 0 Å². The van der Waals surface area contributed by atoms with Gasteiger partial charge in [0.2, 0.25) is 0 Å². The van der Waals surface area contributed by atoms with Crippen LogP contribution in [0.2, 0.25) is 0 Å². The van der Waals surface area contributed by atoms with E-state index in [1.54, 1.807) is 32.4 Å². The first kappa shape index (κ1) is 15.6. The molecule has 102 valence electrons. The summed E-state index contributed by atoms with van der Waals surface area (Å²) in [7, 11) is 3.25. The van der Waals surface area contributed by atoms with Crippen molar-refractivity contribution in [3.8, 4) is 0 Å². The zero-order valence-electron chi connectivity index (χ0n) is 11.6. The van der Waals surface area contributed by atoms with Gasteiger partial charge in [-0.3, -0.25) is 9.79 Å². The number of hydrogen-bond acceptors (Lipinski definition) is 3. The van der Waals surface area contributed by atoms with E-state index in [9.17, 15) is 4.79 Å². The third-order valence-electron chi connectivity index (χ3n) is 2.97. The smallest absolute Gasteiger partial charge is 0.179 e. The van der Waals surface area contributed by atoms with Gasteiger partial charge >= 0.3 is 0 Å². The number of aliphatic imine (C=N–C) groups is 1. The molecule has 1 unspecified atom stereocenters. The Morgan fingerprint density at radius 1 is 1.37 bits per heavy atom. The van der Waals surface area contributed by atoms with Crippen molar-refractivity contribution in [2.75, 3.05) is 14.2 Å². The van der Waals surface area contributed by atoms with Gasteiger partial charge in [-0.1, -0.05) is 28.1 Å². The number of ether oxygens (including phenoxy) is 1. The van der Waals surface area contributed by atoms with Crippen molar-refractivity contribution in [3.63, 3.8) is 0 Å². The number of halogens is 1. The van der Waals surface area contributed by atoms with Crippen LogP contribution in [-0.2, 0) is 4.74 Å². The van der Waals surface area contributed by atoms with Gasteiger partial charge in [-0.25, -0.2) is 0 Å². The highest BCUT2D eigenvalue weighted by atomic mass is 79.9. The quantitative estimate of drug-likeness (QED) is 0.468. The van der Waals surface area contributed by atoms with Gasteiger partial charge in [0.05, 0.1) is 7.11 Å². The van der Waals surface area contributed by atoms with Crippen molar-refractivity contribution in [1.29, 1.82) is 0 Å². The summed E-state index contributed by atoms with van der Waals surface area (Å²) in [5.74, 6) is 0.155. The minimum Gasteiger partial charge on any atom is -0.500 e. The van der Waals surface area contributed by atoms with Crippen molar-refractivity contribution in [2.45, 2.75) is 13.8 Å². The molecule has 3 nitrogen and oxygen atoms in total. The molecule has 0 spiro atoms. The van der Waals surface area contributed by atoms with Crippen LogP contribution < -0.4 is 0 Å². The number of ketones is 1. The van der Waals surface area contributed by atoms with E-state index < -0.39 is 5.92 Å². The van der Waals surface area contributed by atoms with Gasteiger partial charge in [-0.2, -0.15) is 0 Å². The summed E-state index contributed by atoms with van der Waals surface area (Å²) in [4.78, 5) is 16.7. The SMILES string of the molecule is C/C=C(\OC)C(C(=O)c1ccc(Br)cc1)C(C)=NC. The first-order valence-corrected chi connectivity index (χ1v) is 6.77. The van der Waals surface area contributed by atoms with Gasteiger partial charge < -0.3 is 4.74 Å². The first-order valence-electron chi connectivity index (χ1n) is 5.98. The van der Waals surface area contributed by atoms with Crippen LogP contribution in [-0.4, -0.2) is 25.7 Å². The first-order chi connectivity index (χ1) is 9.04. The molecule has 0 aromatic heterocycles. The molecule has 1 atom stereocenters. The molecule has 0 bridgehead atoms. The molecule has 0 saturated heterocycles. The average Bonchev–Trinajstić information content (AvgIpc) is 2.44. The van der Waals surface area contributed by atoms with Gasteiger partial charge in [-0.05, 0) is 32.1 Å². The summed E-state index contributed by atoms with van der Waals surface area (Å²) < 4.78 is 6.25. The van der Waals surface area contributed by atoms with E-state index in [4.69, 9.17) is 4.74 Å². The highest BCUT2D eigenvalue weighted by Gasteiger charge is 2.27. The summed E-state index contributed by atoms with van der Waals surface area (Å²) in [6, 6.07) is 7.30. The minimum atomic E-state index is -0.457. The molecule has 4 heteroatoms. The average molecular weight is 324 g/mol. The topological polar surface area (TPSA) is 38.7 Å². The molecule has 0 saturated carbocycles. The van der Waals surface area contributed by atoms with Crippen molar-refractivity contribution >= 4 is 27.4 Å². The molecule has 0 heterocycles. The summed E-state index contributed by atoms with van der Waals surface area (Å²) in [6.07, 6.45) is 1.80. The number of carbonyl (C=O) groups is 1. The van der Waals surface area contributed by atoms with Gasteiger partial charge in [0.25, 0.3) is 0 Å².